The Morgan fingerprint density at radius 1 is 1.33 bits per heavy atom. The first-order valence-electron chi connectivity index (χ1n) is 6.46. The Balaban J connectivity index is 2.50. The first kappa shape index (κ1) is 15.2. The molecular formula is C12H23N3O2S. The van der Waals surface area contributed by atoms with Crippen molar-refractivity contribution in [3.8, 4) is 0 Å². The van der Waals surface area contributed by atoms with Crippen LogP contribution in [0.25, 0.3) is 0 Å². The van der Waals surface area contributed by atoms with Gasteiger partial charge in [-0.25, -0.2) is 4.79 Å². The molecule has 0 spiro atoms. The van der Waals surface area contributed by atoms with Crippen LogP contribution in [0.5, 0.6) is 0 Å². The molecule has 0 radical (unpaired) electrons. The lowest BCUT2D eigenvalue weighted by Crippen LogP contribution is -2.47. The van der Waals surface area contributed by atoms with Gasteiger partial charge >= 0.3 is 6.03 Å². The van der Waals surface area contributed by atoms with Crippen LogP contribution in [0, 0.1) is 0 Å². The number of methoxy groups -OCH3 is 1. The number of carbonyl (C=O) groups is 1. The molecule has 0 aromatic carbocycles. The maximum atomic E-state index is 12.3. The maximum Gasteiger partial charge on any atom is 0.320 e. The first-order valence-corrected chi connectivity index (χ1v) is 6.87. The molecule has 2 amide bonds. The Morgan fingerprint density at radius 2 is 2.00 bits per heavy atom. The summed E-state index contributed by atoms with van der Waals surface area (Å²) in [5, 5.41) is 0. The van der Waals surface area contributed by atoms with E-state index in [-0.39, 0.29) is 6.03 Å². The van der Waals surface area contributed by atoms with Gasteiger partial charge in [-0.3, -0.25) is 0 Å². The van der Waals surface area contributed by atoms with E-state index in [2.05, 4.69) is 0 Å². The lowest BCUT2D eigenvalue weighted by molar-refractivity contribution is 0.120. The Labute approximate surface area is 114 Å². The molecular weight excluding hydrogens is 250 g/mol. The highest BCUT2D eigenvalue weighted by Gasteiger charge is 2.22. The molecule has 18 heavy (non-hydrogen) atoms. The number of likely N-dealkylation sites (tertiary alicyclic amines) is 1. The van der Waals surface area contributed by atoms with Gasteiger partial charge in [0.15, 0.2) is 0 Å². The van der Waals surface area contributed by atoms with Gasteiger partial charge in [-0.05, 0) is 19.3 Å². The van der Waals surface area contributed by atoms with Crippen molar-refractivity contribution in [2.24, 2.45) is 5.73 Å². The normalized spacial score (nSPS) is 15.5. The standard InChI is InChI=1S/C12H23N3O2S/c1-17-10-9-15(8-5-11(13)18)12(16)14-6-3-2-4-7-14/h2-10H2,1H3,(H2,13,18). The van der Waals surface area contributed by atoms with Gasteiger partial charge in [-0.1, -0.05) is 12.2 Å². The van der Waals surface area contributed by atoms with Crippen molar-refractivity contribution >= 4 is 23.2 Å². The number of carbonyl (C=O) groups excluding carboxylic acids is 1. The van der Waals surface area contributed by atoms with Crippen LogP contribution in [-0.2, 0) is 4.74 Å². The number of urea groups is 1. The van der Waals surface area contributed by atoms with E-state index in [1.165, 1.54) is 6.42 Å². The molecule has 1 aliphatic rings. The molecule has 1 fully saturated rings. The quantitative estimate of drug-likeness (QED) is 0.739. The molecule has 5 nitrogen and oxygen atoms in total. The molecule has 0 aromatic heterocycles. The van der Waals surface area contributed by atoms with E-state index in [9.17, 15) is 4.79 Å². The fraction of sp³-hybridized carbons (Fsp3) is 0.833. The van der Waals surface area contributed by atoms with Crippen molar-refractivity contribution in [3.63, 3.8) is 0 Å². The maximum absolute atomic E-state index is 12.3. The smallest absolute Gasteiger partial charge is 0.320 e. The van der Waals surface area contributed by atoms with Crippen LogP contribution in [0.2, 0.25) is 0 Å². The summed E-state index contributed by atoms with van der Waals surface area (Å²) in [4.78, 5) is 16.5. The number of nitrogens with zero attached hydrogens (tertiary/aromatic N) is 2. The van der Waals surface area contributed by atoms with E-state index in [0.717, 1.165) is 25.9 Å². The SMILES string of the molecule is COCCN(CCC(N)=S)C(=O)N1CCCCC1. The van der Waals surface area contributed by atoms with Crippen molar-refractivity contribution in [3.05, 3.63) is 0 Å². The number of hydrogen-bond acceptors (Lipinski definition) is 3. The molecule has 1 rings (SSSR count). The minimum Gasteiger partial charge on any atom is -0.393 e. The number of piperidine rings is 1. The van der Waals surface area contributed by atoms with Crippen molar-refractivity contribution < 1.29 is 9.53 Å². The summed E-state index contributed by atoms with van der Waals surface area (Å²) in [5.41, 5.74) is 5.50. The second kappa shape index (κ2) is 8.26. The molecule has 2 N–H and O–H groups in total. The highest BCUT2D eigenvalue weighted by Crippen LogP contribution is 2.11. The monoisotopic (exact) mass is 273 g/mol. The van der Waals surface area contributed by atoms with Crippen LogP contribution in [-0.4, -0.2) is 60.7 Å². The summed E-state index contributed by atoms with van der Waals surface area (Å²) in [5.74, 6) is 0. The zero-order chi connectivity index (χ0) is 13.4. The third-order valence-electron chi connectivity index (χ3n) is 3.09. The Morgan fingerprint density at radius 3 is 2.56 bits per heavy atom. The third kappa shape index (κ3) is 5.18. The van der Waals surface area contributed by atoms with Gasteiger partial charge in [0.1, 0.15) is 0 Å². The van der Waals surface area contributed by atoms with Gasteiger partial charge in [0.05, 0.1) is 11.6 Å². The molecule has 104 valence electrons. The van der Waals surface area contributed by atoms with E-state index in [1.54, 1.807) is 12.0 Å². The van der Waals surface area contributed by atoms with E-state index >= 15 is 0 Å². The lowest BCUT2D eigenvalue weighted by Gasteiger charge is -2.33. The fourth-order valence-electron chi connectivity index (χ4n) is 2.03. The number of ether oxygens (including phenoxy) is 1. The Hall–Kier alpha value is -0.880. The number of rotatable bonds is 6. The third-order valence-corrected chi connectivity index (χ3v) is 3.29. The highest BCUT2D eigenvalue weighted by atomic mass is 32.1. The topological polar surface area (TPSA) is 58.8 Å². The van der Waals surface area contributed by atoms with Crippen LogP contribution in [0.4, 0.5) is 4.79 Å². The summed E-state index contributed by atoms with van der Waals surface area (Å²) in [7, 11) is 1.64. The predicted molar refractivity (Wildman–Crippen MR) is 75.7 cm³/mol. The zero-order valence-electron chi connectivity index (χ0n) is 11.1. The summed E-state index contributed by atoms with van der Waals surface area (Å²) >= 11 is 4.86. The molecule has 0 atom stereocenters. The Kier molecular flexibility index (Phi) is 6.97. The van der Waals surface area contributed by atoms with Crippen molar-refractivity contribution in [1.29, 1.82) is 0 Å². The largest absolute Gasteiger partial charge is 0.393 e. The summed E-state index contributed by atoms with van der Waals surface area (Å²) in [6, 6.07) is 0.0861. The van der Waals surface area contributed by atoms with Crippen LogP contribution in [0.15, 0.2) is 0 Å². The van der Waals surface area contributed by atoms with Crippen LogP contribution in [0.1, 0.15) is 25.7 Å². The molecule has 0 aromatic rings. The van der Waals surface area contributed by atoms with E-state index in [4.69, 9.17) is 22.7 Å². The van der Waals surface area contributed by atoms with Gasteiger partial charge in [0.2, 0.25) is 0 Å². The summed E-state index contributed by atoms with van der Waals surface area (Å²) in [6.45, 7) is 3.42. The molecule has 6 heteroatoms. The van der Waals surface area contributed by atoms with E-state index in [1.807, 2.05) is 4.90 Å². The van der Waals surface area contributed by atoms with Gasteiger partial charge in [-0.2, -0.15) is 0 Å². The van der Waals surface area contributed by atoms with E-state index in [0.29, 0.717) is 31.1 Å². The molecule has 1 aliphatic heterocycles. The molecule has 0 bridgehead atoms. The number of amides is 2. The number of thiocarbonyl (C=S) groups is 1. The molecule has 1 saturated heterocycles. The van der Waals surface area contributed by atoms with E-state index < -0.39 is 0 Å². The van der Waals surface area contributed by atoms with Gasteiger partial charge in [-0.15, -0.1) is 0 Å². The average molecular weight is 273 g/mol. The van der Waals surface area contributed by atoms with Crippen molar-refractivity contribution in [2.75, 3.05) is 39.9 Å². The second-order valence-electron chi connectivity index (χ2n) is 4.53. The Bertz CT molecular complexity index is 280. The van der Waals surface area contributed by atoms with Gasteiger partial charge < -0.3 is 20.3 Å². The van der Waals surface area contributed by atoms with Gasteiger partial charge in [0, 0.05) is 39.7 Å². The lowest BCUT2D eigenvalue weighted by atomic mass is 10.1. The van der Waals surface area contributed by atoms with Crippen LogP contribution < -0.4 is 5.73 Å². The molecule has 1 heterocycles. The predicted octanol–water partition coefficient (Wildman–Crippen LogP) is 1.22. The summed E-state index contributed by atoms with van der Waals surface area (Å²) in [6.07, 6.45) is 3.98. The number of nitrogens with two attached hydrogens (primary N) is 1. The fourth-order valence-corrected chi connectivity index (χ4v) is 2.13. The van der Waals surface area contributed by atoms with Crippen LogP contribution >= 0.6 is 12.2 Å². The molecule has 0 aliphatic carbocycles. The molecule has 0 saturated carbocycles. The summed E-state index contributed by atoms with van der Waals surface area (Å²) < 4.78 is 5.04. The van der Waals surface area contributed by atoms with Gasteiger partial charge in [0.25, 0.3) is 0 Å². The van der Waals surface area contributed by atoms with Crippen molar-refractivity contribution in [2.45, 2.75) is 25.7 Å². The highest BCUT2D eigenvalue weighted by molar-refractivity contribution is 7.80. The van der Waals surface area contributed by atoms with Crippen molar-refractivity contribution in [1.82, 2.24) is 9.80 Å². The number of hydrogen-bond donors (Lipinski definition) is 1. The first-order chi connectivity index (χ1) is 8.65. The average Bonchev–Trinajstić information content (AvgIpc) is 2.39. The minimum atomic E-state index is 0.0861. The van der Waals surface area contributed by atoms with Crippen LogP contribution in [0.3, 0.4) is 0 Å². The minimum absolute atomic E-state index is 0.0861. The molecule has 0 unspecified atom stereocenters. The second-order valence-corrected chi connectivity index (χ2v) is 5.05. The zero-order valence-corrected chi connectivity index (χ0v) is 11.9.